The molecule has 0 bridgehead atoms. The summed E-state index contributed by atoms with van der Waals surface area (Å²) < 4.78 is 5.26. The fraction of sp³-hybridized carbons (Fsp3) is 0.0833. The number of nitrogens with zero attached hydrogens (tertiary/aromatic N) is 1. The van der Waals surface area contributed by atoms with Gasteiger partial charge in [0, 0.05) is 11.8 Å². The van der Waals surface area contributed by atoms with E-state index < -0.39 is 0 Å². The molecule has 0 saturated carbocycles. The van der Waals surface area contributed by atoms with Crippen LogP contribution in [0, 0.1) is 0 Å². The van der Waals surface area contributed by atoms with Crippen LogP contribution in [0.5, 0.6) is 5.75 Å². The summed E-state index contributed by atoms with van der Waals surface area (Å²) >= 11 is 0. The van der Waals surface area contributed by atoms with Gasteiger partial charge in [-0.15, -0.1) is 0 Å². The molecule has 4 rings (SSSR count). The van der Waals surface area contributed by atoms with E-state index >= 15 is 0 Å². The highest BCUT2D eigenvalue weighted by Gasteiger charge is 2.39. The van der Waals surface area contributed by atoms with Gasteiger partial charge in [0.1, 0.15) is 11.4 Å². The minimum atomic E-state index is -0.347. The maximum atomic E-state index is 13.2. The molecule has 0 fully saturated rings. The molecule has 0 unspecified atom stereocenters. The Morgan fingerprint density at radius 1 is 0.828 bits per heavy atom. The zero-order chi connectivity index (χ0) is 20.2. The summed E-state index contributed by atoms with van der Waals surface area (Å²) in [6.07, 6.45) is 0. The maximum Gasteiger partial charge on any atom is 0.278 e. The zero-order valence-electron chi connectivity index (χ0n) is 16.0. The zero-order valence-corrected chi connectivity index (χ0v) is 16.0. The van der Waals surface area contributed by atoms with Crippen molar-refractivity contribution < 1.29 is 14.3 Å². The second kappa shape index (κ2) is 8.02. The van der Waals surface area contributed by atoms with Crippen molar-refractivity contribution >= 4 is 23.1 Å². The number of rotatable bonds is 6. The fourth-order valence-electron chi connectivity index (χ4n) is 3.32. The Hall–Kier alpha value is -3.86. The highest BCUT2D eigenvalue weighted by molar-refractivity contribution is 6.36. The topological polar surface area (TPSA) is 58.6 Å². The van der Waals surface area contributed by atoms with Crippen molar-refractivity contribution in [2.75, 3.05) is 12.4 Å². The quantitative estimate of drug-likeness (QED) is 0.651. The molecule has 0 radical (unpaired) electrons. The highest BCUT2D eigenvalue weighted by atomic mass is 16.5. The number of ether oxygens (including phenoxy) is 1. The first-order valence-corrected chi connectivity index (χ1v) is 9.28. The van der Waals surface area contributed by atoms with Crippen molar-refractivity contribution in [1.29, 1.82) is 0 Å². The van der Waals surface area contributed by atoms with Crippen LogP contribution in [0.25, 0.3) is 5.57 Å². The lowest BCUT2D eigenvalue weighted by molar-refractivity contribution is -0.137. The van der Waals surface area contributed by atoms with Gasteiger partial charge in [-0.05, 0) is 23.3 Å². The lowest BCUT2D eigenvalue weighted by Crippen LogP contribution is -2.31. The lowest BCUT2D eigenvalue weighted by Gasteiger charge is -2.15. The number of hydrogen-bond acceptors (Lipinski definition) is 4. The SMILES string of the molecule is COc1cccc(NC2=C(c3ccccc3)C(=O)N(Cc3ccccc3)C2=O)c1. The molecule has 29 heavy (non-hydrogen) atoms. The summed E-state index contributed by atoms with van der Waals surface area (Å²) in [6.45, 7) is 0.220. The van der Waals surface area contributed by atoms with Crippen LogP contribution in [0.15, 0.2) is 90.6 Å². The monoisotopic (exact) mass is 384 g/mol. The number of carbonyl (C=O) groups is 2. The predicted octanol–water partition coefficient (Wildman–Crippen LogP) is 4.09. The van der Waals surface area contributed by atoms with E-state index in [0.29, 0.717) is 22.6 Å². The van der Waals surface area contributed by atoms with Gasteiger partial charge in [-0.2, -0.15) is 0 Å². The summed E-state index contributed by atoms with van der Waals surface area (Å²) in [5.74, 6) is 0.00532. The molecule has 1 heterocycles. The van der Waals surface area contributed by atoms with E-state index in [4.69, 9.17) is 4.74 Å². The first-order valence-electron chi connectivity index (χ1n) is 9.28. The van der Waals surface area contributed by atoms with Gasteiger partial charge in [-0.25, -0.2) is 0 Å². The average Bonchev–Trinajstić information content (AvgIpc) is 2.99. The van der Waals surface area contributed by atoms with Crippen molar-refractivity contribution in [2.24, 2.45) is 0 Å². The molecule has 1 N–H and O–H groups in total. The Bertz CT molecular complexity index is 1080. The highest BCUT2D eigenvalue weighted by Crippen LogP contribution is 2.32. The van der Waals surface area contributed by atoms with Crippen molar-refractivity contribution in [3.05, 3.63) is 102 Å². The standard InChI is InChI=1S/C24H20N2O3/c1-29-20-14-8-13-19(15-20)25-22-21(18-11-6-3-7-12-18)23(27)26(24(22)28)16-17-9-4-2-5-10-17/h2-15,25H,16H2,1H3. The first kappa shape index (κ1) is 18.5. The number of anilines is 1. The summed E-state index contributed by atoms with van der Waals surface area (Å²) in [7, 11) is 1.58. The molecule has 0 spiro atoms. The molecule has 0 aliphatic carbocycles. The maximum absolute atomic E-state index is 13.2. The Labute approximate surface area is 169 Å². The molecule has 3 aromatic rings. The summed E-state index contributed by atoms with van der Waals surface area (Å²) in [5.41, 5.74) is 2.91. The van der Waals surface area contributed by atoms with Gasteiger partial charge in [0.25, 0.3) is 11.8 Å². The van der Waals surface area contributed by atoms with Crippen LogP contribution >= 0.6 is 0 Å². The fourth-order valence-corrected chi connectivity index (χ4v) is 3.32. The summed E-state index contributed by atoms with van der Waals surface area (Å²) in [6, 6.07) is 26.0. The Balaban J connectivity index is 1.73. The van der Waals surface area contributed by atoms with Gasteiger partial charge in [-0.1, -0.05) is 66.7 Å². The van der Waals surface area contributed by atoms with Crippen LogP contribution in [0.1, 0.15) is 11.1 Å². The minimum absolute atomic E-state index is 0.220. The second-order valence-corrected chi connectivity index (χ2v) is 6.66. The van der Waals surface area contributed by atoms with E-state index in [2.05, 4.69) is 5.32 Å². The number of carbonyl (C=O) groups excluding carboxylic acids is 2. The summed E-state index contributed by atoms with van der Waals surface area (Å²) in [4.78, 5) is 27.7. The molecular formula is C24H20N2O3. The van der Waals surface area contributed by atoms with Gasteiger partial charge in [0.2, 0.25) is 0 Å². The molecule has 1 aliphatic heterocycles. The van der Waals surface area contributed by atoms with Crippen molar-refractivity contribution in [1.82, 2.24) is 4.90 Å². The van der Waals surface area contributed by atoms with E-state index in [1.54, 1.807) is 13.2 Å². The smallest absolute Gasteiger partial charge is 0.278 e. The normalized spacial score (nSPS) is 13.8. The van der Waals surface area contributed by atoms with Crippen molar-refractivity contribution in [3.8, 4) is 5.75 Å². The molecule has 0 atom stereocenters. The Morgan fingerprint density at radius 2 is 1.52 bits per heavy atom. The van der Waals surface area contributed by atoms with Gasteiger partial charge in [0.05, 0.1) is 19.2 Å². The number of imide groups is 1. The van der Waals surface area contributed by atoms with Gasteiger partial charge >= 0.3 is 0 Å². The molecule has 144 valence electrons. The third-order valence-corrected chi connectivity index (χ3v) is 4.75. The van der Waals surface area contributed by atoms with E-state index in [0.717, 1.165) is 5.56 Å². The molecule has 0 saturated heterocycles. The van der Waals surface area contributed by atoms with E-state index in [1.165, 1.54) is 4.90 Å². The van der Waals surface area contributed by atoms with Crippen LogP contribution in [0.3, 0.4) is 0 Å². The molecule has 5 nitrogen and oxygen atoms in total. The third-order valence-electron chi connectivity index (χ3n) is 4.75. The molecular weight excluding hydrogens is 364 g/mol. The molecule has 1 aliphatic rings. The third kappa shape index (κ3) is 3.75. The van der Waals surface area contributed by atoms with E-state index in [-0.39, 0.29) is 24.1 Å². The first-order chi connectivity index (χ1) is 14.2. The number of methoxy groups -OCH3 is 1. The number of benzene rings is 3. The van der Waals surface area contributed by atoms with Gasteiger partial charge < -0.3 is 10.1 Å². The number of amides is 2. The van der Waals surface area contributed by atoms with Crippen molar-refractivity contribution in [2.45, 2.75) is 6.54 Å². The van der Waals surface area contributed by atoms with Crippen LogP contribution in [-0.2, 0) is 16.1 Å². The average molecular weight is 384 g/mol. The summed E-state index contributed by atoms with van der Waals surface area (Å²) in [5, 5.41) is 3.15. The largest absolute Gasteiger partial charge is 0.497 e. The van der Waals surface area contributed by atoms with Gasteiger partial charge in [0.15, 0.2) is 0 Å². The molecule has 3 aromatic carbocycles. The molecule has 5 heteroatoms. The second-order valence-electron chi connectivity index (χ2n) is 6.66. The Morgan fingerprint density at radius 3 is 2.21 bits per heavy atom. The Kier molecular flexibility index (Phi) is 5.12. The van der Waals surface area contributed by atoms with Gasteiger partial charge in [-0.3, -0.25) is 14.5 Å². The van der Waals surface area contributed by atoms with Crippen LogP contribution in [0.2, 0.25) is 0 Å². The predicted molar refractivity (Wildman–Crippen MR) is 112 cm³/mol. The van der Waals surface area contributed by atoms with Crippen LogP contribution < -0.4 is 10.1 Å². The number of nitrogens with one attached hydrogen (secondary N) is 1. The van der Waals surface area contributed by atoms with E-state index in [9.17, 15) is 9.59 Å². The van der Waals surface area contributed by atoms with Crippen LogP contribution in [-0.4, -0.2) is 23.8 Å². The van der Waals surface area contributed by atoms with Crippen molar-refractivity contribution in [3.63, 3.8) is 0 Å². The van der Waals surface area contributed by atoms with E-state index in [1.807, 2.05) is 78.9 Å². The van der Waals surface area contributed by atoms with Crippen LogP contribution in [0.4, 0.5) is 5.69 Å². The molecule has 2 amide bonds. The molecule has 0 aromatic heterocycles. The lowest BCUT2D eigenvalue weighted by atomic mass is 10.0. The number of hydrogen-bond donors (Lipinski definition) is 1. The minimum Gasteiger partial charge on any atom is -0.497 e.